The maximum atomic E-state index is 14.2. The molecule has 0 amide bonds. The van der Waals surface area contributed by atoms with Crippen molar-refractivity contribution in [3.05, 3.63) is 167 Å². The predicted octanol–water partition coefficient (Wildman–Crippen LogP) is 5.56. The molecule has 4 aromatic carbocycles. The number of aryl methyl sites for hydroxylation is 1. The fourth-order valence-corrected chi connectivity index (χ4v) is 8.88. The number of thiazole rings is 1. The molecule has 1 aliphatic carbocycles. The van der Waals surface area contributed by atoms with Gasteiger partial charge in [0.1, 0.15) is 5.82 Å². The molecule has 0 fully saturated rings. The normalized spacial score (nSPS) is 16.0. The number of nitrogens with zero attached hydrogens (tertiary/aromatic N) is 4. The highest BCUT2D eigenvalue weighted by atomic mass is 32.2. The largest absolute Gasteiger partial charge is 0.272 e. The van der Waals surface area contributed by atoms with Gasteiger partial charge in [0, 0.05) is 34.8 Å². The van der Waals surface area contributed by atoms with Gasteiger partial charge in [-0.15, -0.1) is 0 Å². The van der Waals surface area contributed by atoms with E-state index in [0.717, 1.165) is 38.9 Å². The summed E-state index contributed by atoms with van der Waals surface area (Å²) in [6, 6.07) is 25.5. The first kappa shape index (κ1) is 29.0. The van der Waals surface area contributed by atoms with Gasteiger partial charge in [0.05, 0.1) is 31.6 Å². The third kappa shape index (κ3) is 4.67. The third-order valence-electron chi connectivity index (χ3n) is 8.64. The predicted molar refractivity (Wildman–Crippen MR) is 177 cm³/mol. The van der Waals surface area contributed by atoms with Crippen molar-refractivity contribution in [2.75, 3.05) is 0 Å². The van der Waals surface area contributed by atoms with Crippen molar-refractivity contribution in [2.24, 2.45) is 4.99 Å². The van der Waals surface area contributed by atoms with Crippen LogP contribution in [0.3, 0.4) is 0 Å². The molecule has 0 saturated heterocycles. The lowest BCUT2D eigenvalue weighted by atomic mass is 9.83. The van der Waals surface area contributed by atoms with Crippen molar-refractivity contribution in [3.63, 3.8) is 0 Å². The topological polar surface area (TPSA) is 117 Å². The molecule has 0 N–H and O–H groups in total. The van der Waals surface area contributed by atoms with E-state index >= 15 is 0 Å². The molecule has 0 spiro atoms. The second kappa shape index (κ2) is 10.8. The molecule has 232 valence electrons. The van der Waals surface area contributed by atoms with Crippen LogP contribution in [0.1, 0.15) is 34.7 Å². The highest BCUT2D eigenvalue weighted by molar-refractivity contribution is 7.90. The number of para-hydroxylation sites is 1. The number of halogens is 1. The van der Waals surface area contributed by atoms with Crippen molar-refractivity contribution in [2.45, 2.75) is 23.8 Å². The SMILES string of the molecule is O=c1/c(=C\c2cn(S(=O)(=O)c3cccc([N+](=O)[O-])c3)c3ccccc23)sc2n1[C@@H](c1ccc(F)cc1)C1=C(N=2)c2ccccc2CC1. The molecule has 2 aliphatic rings. The smallest absolute Gasteiger partial charge is 0.271 e. The number of benzene rings is 4. The first-order chi connectivity index (χ1) is 22.7. The summed E-state index contributed by atoms with van der Waals surface area (Å²) < 4.78 is 44.7. The number of aromatic nitrogens is 2. The highest BCUT2D eigenvalue weighted by Crippen LogP contribution is 2.41. The lowest BCUT2D eigenvalue weighted by Crippen LogP contribution is -2.38. The van der Waals surface area contributed by atoms with Crippen LogP contribution in [0.4, 0.5) is 10.1 Å². The van der Waals surface area contributed by atoms with Gasteiger partial charge in [0.2, 0.25) is 0 Å². The van der Waals surface area contributed by atoms with E-state index < -0.39 is 21.0 Å². The zero-order valence-corrected chi connectivity index (χ0v) is 26.0. The molecule has 2 aromatic heterocycles. The highest BCUT2D eigenvalue weighted by Gasteiger charge is 2.32. The van der Waals surface area contributed by atoms with Crippen LogP contribution in [-0.2, 0) is 16.4 Å². The van der Waals surface area contributed by atoms with Gasteiger partial charge in [0.25, 0.3) is 21.3 Å². The molecule has 0 saturated carbocycles. The number of fused-ring (bicyclic) bond motifs is 4. The van der Waals surface area contributed by atoms with Gasteiger partial charge in [-0.05, 0) is 59.9 Å². The average Bonchev–Trinajstić information content (AvgIpc) is 3.61. The molecular weight excluding hydrogens is 640 g/mol. The second-order valence-corrected chi connectivity index (χ2v) is 14.1. The molecular formula is C35H23FN4O5S2. The zero-order valence-electron chi connectivity index (χ0n) is 24.4. The Balaban J connectivity index is 1.33. The van der Waals surface area contributed by atoms with E-state index in [1.807, 2.05) is 18.2 Å². The van der Waals surface area contributed by atoms with Crippen molar-refractivity contribution in [1.82, 2.24) is 8.54 Å². The molecule has 1 atom stereocenters. The summed E-state index contributed by atoms with van der Waals surface area (Å²) in [5.74, 6) is -0.374. The number of nitro benzene ring substituents is 1. The van der Waals surface area contributed by atoms with E-state index in [4.69, 9.17) is 4.99 Å². The summed E-state index contributed by atoms with van der Waals surface area (Å²) in [4.78, 5) is 30.2. The van der Waals surface area contributed by atoms with Crippen LogP contribution in [0, 0.1) is 15.9 Å². The minimum absolute atomic E-state index is 0.233. The molecule has 6 aromatic rings. The molecule has 12 heteroatoms. The molecule has 0 bridgehead atoms. The number of rotatable bonds is 5. The van der Waals surface area contributed by atoms with E-state index in [0.29, 0.717) is 32.2 Å². The van der Waals surface area contributed by atoms with Crippen molar-refractivity contribution < 1.29 is 17.7 Å². The number of nitro groups is 1. The molecule has 0 radical (unpaired) electrons. The Labute approximate surface area is 270 Å². The lowest BCUT2D eigenvalue weighted by Gasteiger charge is -2.30. The quantitative estimate of drug-likeness (QED) is 0.177. The Kier molecular flexibility index (Phi) is 6.67. The first-order valence-corrected chi connectivity index (χ1v) is 16.9. The van der Waals surface area contributed by atoms with Gasteiger partial charge >= 0.3 is 0 Å². The number of allylic oxidation sites excluding steroid dienone is 1. The van der Waals surface area contributed by atoms with Crippen LogP contribution in [0.2, 0.25) is 0 Å². The Bertz CT molecular complexity index is 2620. The first-order valence-electron chi connectivity index (χ1n) is 14.7. The molecule has 47 heavy (non-hydrogen) atoms. The van der Waals surface area contributed by atoms with E-state index in [1.165, 1.54) is 53.4 Å². The van der Waals surface area contributed by atoms with Gasteiger partial charge < -0.3 is 0 Å². The van der Waals surface area contributed by atoms with E-state index in [9.17, 15) is 27.7 Å². The van der Waals surface area contributed by atoms with Gasteiger partial charge in [-0.25, -0.2) is 21.8 Å². The zero-order chi connectivity index (χ0) is 32.4. The lowest BCUT2D eigenvalue weighted by molar-refractivity contribution is -0.385. The Morgan fingerprint density at radius 1 is 0.957 bits per heavy atom. The Hall–Kier alpha value is -5.46. The fraction of sp³-hybridized carbons (Fsp3) is 0.0857. The molecule has 8 rings (SSSR count). The standard InChI is InChI=1S/C35H23FN4O5S2/c36-24-15-12-22(13-16-24)33-29-17-14-21-6-1-2-10-28(21)32(29)37-35-39(33)34(41)31(46-35)18-23-20-38(30-11-4-3-9-27(23)30)47(44,45)26-8-5-7-25(19-26)40(42)43/h1-13,15-16,18-20,33H,14,17H2/b31-18+/t33-/m0/s1. The summed E-state index contributed by atoms with van der Waals surface area (Å²) in [5, 5.41) is 11.9. The second-order valence-electron chi connectivity index (χ2n) is 11.3. The summed E-state index contributed by atoms with van der Waals surface area (Å²) in [6.07, 6.45) is 4.55. The maximum absolute atomic E-state index is 14.2. The number of hydrogen-bond acceptors (Lipinski definition) is 7. The van der Waals surface area contributed by atoms with Crippen molar-refractivity contribution in [1.29, 1.82) is 0 Å². The van der Waals surface area contributed by atoms with Crippen LogP contribution >= 0.6 is 11.3 Å². The Morgan fingerprint density at radius 3 is 2.53 bits per heavy atom. The van der Waals surface area contributed by atoms with Crippen LogP contribution in [0.15, 0.2) is 124 Å². The minimum Gasteiger partial charge on any atom is -0.272 e. The maximum Gasteiger partial charge on any atom is 0.271 e. The molecule has 9 nitrogen and oxygen atoms in total. The van der Waals surface area contributed by atoms with Crippen LogP contribution < -0.4 is 14.9 Å². The molecule has 0 unspecified atom stereocenters. The van der Waals surface area contributed by atoms with E-state index in [-0.39, 0.29) is 22.0 Å². The average molecular weight is 663 g/mol. The van der Waals surface area contributed by atoms with Crippen molar-refractivity contribution in [3.8, 4) is 0 Å². The van der Waals surface area contributed by atoms with Crippen LogP contribution in [-0.4, -0.2) is 21.9 Å². The number of hydrogen-bond donors (Lipinski definition) is 0. The third-order valence-corrected chi connectivity index (χ3v) is 11.3. The van der Waals surface area contributed by atoms with Crippen molar-refractivity contribution >= 4 is 49.7 Å². The Morgan fingerprint density at radius 2 is 1.72 bits per heavy atom. The van der Waals surface area contributed by atoms with Crippen LogP contribution in [0.25, 0.3) is 22.7 Å². The minimum atomic E-state index is -4.24. The fourth-order valence-electron chi connectivity index (χ4n) is 6.47. The van der Waals surface area contributed by atoms with E-state index in [1.54, 1.807) is 47.0 Å². The summed E-state index contributed by atoms with van der Waals surface area (Å²) >= 11 is 1.20. The van der Waals surface area contributed by atoms with E-state index in [2.05, 4.69) is 6.07 Å². The van der Waals surface area contributed by atoms with Gasteiger partial charge in [-0.3, -0.25) is 19.5 Å². The van der Waals surface area contributed by atoms with Gasteiger partial charge in [0.15, 0.2) is 4.80 Å². The summed E-state index contributed by atoms with van der Waals surface area (Å²) in [5.41, 5.74) is 4.93. The molecule has 1 aliphatic heterocycles. The monoisotopic (exact) mass is 662 g/mol. The summed E-state index contributed by atoms with van der Waals surface area (Å²) in [7, 11) is -4.24. The van der Waals surface area contributed by atoms with Crippen LogP contribution in [0.5, 0.6) is 0 Å². The van der Waals surface area contributed by atoms with Gasteiger partial charge in [-0.2, -0.15) is 0 Å². The summed E-state index contributed by atoms with van der Waals surface area (Å²) in [6.45, 7) is 0. The van der Waals surface area contributed by atoms with Gasteiger partial charge in [-0.1, -0.05) is 72.0 Å². The number of non-ortho nitro benzene ring substituents is 1. The molecule has 3 heterocycles.